The molecule has 2 rings (SSSR count). The van der Waals surface area contributed by atoms with Gasteiger partial charge in [-0.05, 0) is 24.3 Å². The van der Waals surface area contributed by atoms with Crippen molar-refractivity contribution in [3.05, 3.63) is 58.1 Å². The van der Waals surface area contributed by atoms with Gasteiger partial charge in [-0.1, -0.05) is 34.1 Å². The Kier molecular flexibility index (Phi) is 5.76. The van der Waals surface area contributed by atoms with Gasteiger partial charge >= 0.3 is 5.97 Å². The van der Waals surface area contributed by atoms with Crippen molar-refractivity contribution in [1.29, 1.82) is 0 Å². The number of carbonyl (C=O) groups excluding carboxylic acids is 2. The molecule has 2 aromatic carbocycles. The zero-order valence-electron chi connectivity index (χ0n) is 12.7. The van der Waals surface area contributed by atoms with Gasteiger partial charge in [0.25, 0.3) is 0 Å². The molecule has 23 heavy (non-hydrogen) atoms. The van der Waals surface area contributed by atoms with E-state index in [0.717, 1.165) is 4.47 Å². The monoisotopic (exact) mass is 378 g/mol. The zero-order chi connectivity index (χ0) is 16.8. The number of benzene rings is 2. The van der Waals surface area contributed by atoms with Gasteiger partial charge < -0.3 is 14.2 Å². The van der Waals surface area contributed by atoms with Crippen LogP contribution in [0.15, 0.2) is 46.9 Å². The summed E-state index contributed by atoms with van der Waals surface area (Å²) in [4.78, 5) is 24.3. The maximum atomic E-state index is 12.3. The van der Waals surface area contributed by atoms with E-state index in [1.807, 2.05) is 0 Å². The second kappa shape index (κ2) is 7.78. The van der Waals surface area contributed by atoms with E-state index in [4.69, 9.17) is 14.2 Å². The fraction of sp³-hybridized carbons (Fsp3) is 0.176. The summed E-state index contributed by atoms with van der Waals surface area (Å²) in [6.07, 6.45) is 0. The SMILES string of the molecule is COc1cccc(OC)c1C(=O)OCC(=O)c1ccc(Br)cc1. The number of carbonyl (C=O) groups is 2. The van der Waals surface area contributed by atoms with Crippen LogP contribution in [0.2, 0.25) is 0 Å². The quantitative estimate of drug-likeness (QED) is 0.568. The molecule has 120 valence electrons. The van der Waals surface area contributed by atoms with Crippen molar-refractivity contribution < 1.29 is 23.8 Å². The van der Waals surface area contributed by atoms with Gasteiger partial charge in [0.15, 0.2) is 12.4 Å². The molecule has 0 spiro atoms. The highest BCUT2D eigenvalue weighted by atomic mass is 79.9. The third kappa shape index (κ3) is 4.10. The molecule has 0 saturated carbocycles. The average molecular weight is 379 g/mol. The summed E-state index contributed by atoms with van der Waals surface area (Å²) in [5, 5.41) is 0. The largest absolute Gasteiger partial charge is 0.496 e. The van der Waals surface area contributed by atoms with Crippen molar-refractivity contribution in [2.45, 2.75) is 0 Å². The molecule has 0 unspecified atom stereocenters. The molecule has 0 aliphatic carbocycles. The second-order valence-electron chi connectivity index (χ2n) is 4.54. The molecule has 0 amide bonds. The van der Waals surface area contributed by atoms with Crippen molar-refractivity contribution >= 4 is 27.7 Å². The molecule has 2 aromatic rings. The topological polar surface area (TPSA) is 61.8 Å². The first-order valence-electron chi connectivity index (χ1n) is 6.73. The summed E-state index contributed by atoms with van der Waals surface area (Å²) >= 11 is 3.29. The van der Waals surface area contributed by atoms with Gasteiger partial charge in [0.05, 0.1) is 14.2 Å². The van der Waals surface area contributed by atoms with E-state index >= 15 is 0 Å². The number of hydrogen-bond acceptors (Lipinski definition) is 5. The average Bonchev–Trinajstić information content (AvgIpc) is 2.59. The molecule has 0 fully saturated rings. The lowest BCUT2D eigenvalue weighted by molar-refractivity contribution is 0.0468. The van der Waals surface area contributed by atoms with E-state index in [1.165, 1.54) is 14.2 Å². The van der Waals surface area contributed by atoms with Crippen LogP contribution in [0.3, 0.4) is 0 Å². The highest BCUT2D eigenvalue weighted by Gasteiger charge is 2.20. The number of methoxy groups -OCH3 is 2. The minimum atomic E-state index is -0.676. The number of ketones is 1. The second-order valence-corrected chi connectivity index (χ2v) is 5.46. The fourth-order valence-corrected chi connectivity index (χ4v) is 2.24. The smallest absolute Gasteiger partial charge is 0.346 e. The summed E-state index contributed by atoms with van der Waals surface area (Å²) < 4.78 is 16.3. The van der Waals surface area contributed by atoms with Crippen molar-refractivity contribution in [3.63, 3.8) is 0 Å². The van der Waals surface area contributed by atoms with E-state index in [1.54, 1.807) is 42.5 Å². The highest BCUT2D eigenvalue weighted by Crippen LogP contribution is 2.28. The van der Waals surface area contributed by atoms with Gasteiger partial charge in [-0.3, -0.25) is 4.79 Å². The van der Waals surface area contributed by atoms with Gasteiger partial charge in [0, 0.05) is 10.0 Å². The molecule has 0 bridgehead atoms. The van der Waals surface area contributed by atoms with E-state index in [2.05, 4.69) is 15.9 Å². The predicted octanol–water partition coefficient (Wildman–Crippen LogP) is 3.51. The Labute approximate surface area is 142 Å². The third-order valence-electron chi connectivity index (χ3n) is 3.13. The lowest BCUT2D eigenvalue weighted by atomic mass is 10.1. The van der Waals surface area contributed by atoms with Crippen LogP contribution in [-0.2, 0) is 4.74 Å². The molecule has 5 nitrogen and oxygen atoms in total. The number of halogens is 1. The standard InChI is InChI=1S/C17H15BrO5/c1-21-14-4-3-5-15(22-2)16(14)17(20)23-10-13(19)11-6-8-12(18)9-7-11/h3-9H,10H2,1-2H3. The first kappa shape index (κ1) is 17.0. The van der Waals surface area contributed by atoms with E-state index in [0.29, 0.717) is 17.1 Å². The van der Waals surface area contributed by atoms with Crippen molar-refractivity contribution in [3.8, 4) is 11.5 Å². The summed E-state index contributed by atoms with van der Waals surface area (Å²) in [7, 11) is 2.89. The first-order chi connectivity index (χ1) is 11.1. The van der Waals surface area contributed by atoms with Crippen LogP contribution >= 0.6 is 15.9 Å². The lowest BCUT2D eigenvalue weighted by Gasteiger charge is -2.12. The van der Waals surface area contributed by atoms with Crippen LogP contribution in [0.25, 0.3) is 0 Å². The van der Waals surface area contributed by atoms with E-state index in [-0.39, 0.29) is 18.0 Å². The van der Waals surface area contributed by atoms with Crippen LogP contribution in [0, 0.1) is 0 Å². The molecule has 0 atom stereocenters. The Bertz CT molecular complexity index is 687. The zero-order valence-corrected chi connectivity index (χ0v) is 14.3. The third-order valence-corrected chi connectivity index (χ3v) is 3.66. The van der Waals surface area contributed by atoms with E-state index in [9.17, 15) is 9.59 Å². The fourth-order valence-electron chi connectivity index (χ4n) is 1.97. The van der Waals surface area contributed by atoms with Gasteiger partial charge in [-0.2, -0.15) is 0 Å². The molecule has 0 aliphatic heterocycles. The van der Waals surface area contributed by atoms with Crippen molar-refractivity contribution in [2.75, 3.05) is 20.8 Å². The van der Waals surface area contributed by atoms with Crippen LogP contribution in [0.5, 0.6) is 11.5 Å². The minimum Gasteiger partial charge on any atom is -0.496 e. The molecular weight excluding hydrogens is 364 g/mol. The Morgan fingerprint density at radius 3 is 2.04 bits per heavy atom. The molecule has 0 radical (unpaired) electrons. The van der Waals surface area contributed by atoms with Crippen molar-refractivity contribution in [1.82, 2.24) is 0 Å². The number of hydrogen-bond donors (Lipinski definition) is 0. The molecule has 6 heteroatoms. The summed E-state index contributed by atoms with van der Waals surface area (Å²) in [6, 6.07) is 11.7. The van der Waals surface area contributed by atoms with Crippen LogP contribution in [0.1, 0.15) is 20.7 Å². The summed E-state index contributed by atoms with van der Waals surface area (Å²) in [5.41, 5.74) is 0.620. The van der Waals surface area contributed by atoms with Gasteiger partial charge in [0.1, 0.15) is 17.1 Å². The maximum absolute atomic E-state index is 12.3. The number of esters is 1. The Morgan fingerprint density at radius 1 is 0.957 bits per heavy atom. The Hall–Kier alpha value is -2.34. The molecule has 0 N–H and O–H groups in total. The summed E-state index contributed by atoms with van der Waals surface area (Å²) in [6.45, 7) is -0.359. The van der Waals surface area contributed by atoms with Gasteiger partial charge in [-0.25, -0.2) is 4.79 Å². The highest BCUT2D eigenvalue weighted by molar-refractivity contribution is 9.10. The molecule has 0 heterocycles. The number of ether oxygens (including phenoxy) is 3. The predicted molar refractivity (Wildman–Crippen MR) is 88.3 cm³/mol. The number of Topliss-reactive ketones (excluding diaryl/α,β-unsaturated/α-hetero) is 1. The lowest BCUT2D eigenvalue weighted by Crippen LogP contribution is -2.15. The molecule has 0 aliphatic rings. The molecule has 0 saturated heterocycles. The van der Waals surface area contributed by atoms with Crippen LogP contribution < -0.4 is 9.47 Å². The van der Waals surface area contributed by atoms with Gasteiger partial charge in [-0.15, -0.1) is 0 Å². The van der Waals surface area contributed by atoms with Gasteiger partial charge in [0.2, 0.25) is 0 Å². The minimum absolute atomic E-state index is 0.154. The Morgan fingerprint density at radius 2 is 1.52 bits per heavy atom. The molecular formula is C17H15BrO5. The van der Waals surface area contributed by atoms with Crippen LogP contribution in [-0.4, -0.2) is 32.6 Å². The first-order valence-corrected chi connectivity index (χ1v) is 7.53. The van der Waals surface area contributed by atoms with E-state index < -0.39 is 5.97 Å². The van der Waals surface area contributed by atoms with Crippen molar-refractivity contribution in [2.24, 2.45) is 0 Å². The Balaban J connectivity index is 2.11. The normalized spacial score (nSPS) is 10.0. The molecule has 0 aromatic heterocycles. The summed E-state index contributed by atoms with van der Waals surface area (Å²) in [5.74, 6) is -0.319. The number of rotatable bonds is 6. The maximum Gasteiger partial charge on any atom is 0.346 e. The van der Waals surface area contributed by atoms with Crippen LogP contribution in [0.4, 0.5) is 0 Å².